The number of likely N-dealkylation sites (N-methyl/N-ethyl adjacent to an activating group) is 1. The third-order valence-corrected chi connectivity index (χ3v) is 5.25. The van der Waals surface area contributed by atoms with Crippen LogP contribution in [-0.2, 0) is 0 Å². The molecule has 2 aromatic carbocycles. The summed E-state index contributed by atoms with van der Waals surface area (Å²) in [5, 5.41) is 13.5. The van der Waals surface area contributed by atoms with Crippen molar-refractivity contribution in [3.63, 3.8) is 0 Å². The summed E-state index contributed by atoms with van der Waals surface area (Å²) in [6, 6.07) is 17.4. The molecule has 0 aliphatic carbocycles. The second-order valence-electron chi connectivity index (χ2n) is 7.29. The number of imidazole rings is 1. The fourth-order valence-electron chi connectivity index (χ4n) is 3.73. The first kappa shape index (κ1) is 19.0. The summed E-state index contributed by atoms with van der Waals surface area (Å²) in [5.41, 5.74) is 5.20. The van der Waals surface area contributed by atoms with Crippen molar-refractivity contribution in [1.29, 1.82) is 0 Å². The smallest absolute Gasteiger partial charge is 0.289 e. The van der Waals surface area contributed by atoms with Crippen LogP contribution in [0.15, 0.2) is 67.0 Å². The molecule has 3 aromatic heterocycles. The van der Waals surface area contributed by atoms with Crippen molar-refractivity contribution in [2.24, 2.45) is 0 Å². The van der Waals surface area contributed by atoms with E-state index in [9.17, 15) is 4.79 Å². The minimum absolute atomic E-state index is 0.161. The van der Waals surface area contributed by atoms with Crippen molar-refractivity contribution < 1.29 is 4.79 Å². The van der Waals surface area contributed by atoms with Crippen LogP contribution in [0.1, 0.15) is 22.2 Å². The molecule has 1 atom stereocenters. The van der Waals surface area contributed by atoms with Gasteiger partial charge in [0.2, 0.25) is 5.82 Å². The molecule has 3 heterocycles. The highest BCUT2D eigenvalue weighted by Crippen LogP contribution is 2.28. The van der Waals surface area contributed by atoms with Crippen molar-refractivity contribution in [2.45, 2.75) is 6.04 Å². The molecule has 0 aliphatic heterocycles. The van der Waals surface area contributed by atoms with Gasteiger partial charge in [-0.25, -0.2) is 9.97 Å². The number of amides is 1. The van der Waals surface area contributed by atoms with Crippen molar-refractivity contribution >= 4 is 27.8 Å². The standard InChI is InChI=1S/C23H21N7O/c1-24-13-20(14-5-3-2-4-6-14)28-23(31)22-26-18-11-16-17(12-19(18)27-22)29-30-21(16)15-7-9-25-10-8-15/h2-12,20,24,29-30H,13H2,1H3,(H,28,31)/t20-/m1/s1. The largest absolute Gasteiger partial charge is 0.341 e. The molecule has 0 radical (unpaired) electrons. The van der Waals surface area contributed by atoms with Crippen LogP contribution in [-0.4, -0.2) is 44.6 Å². The highest BCUT2D eigenvalue weighted by Gasteiger charge is 2.19. The Kier molecular flexibility index (Phi) is 4.89. The number of pyridine rings is 1. The first-order chi connectivity index (χ1) is 15.2. The number of rotatable bonds is 6. The molecule has 0 spiro atoms. The lowest BCUT2D eigenvalue weighted by atomic mass is 10.1. The summed E-state index contributed by atoms with van der Waals surface area (Å²) in [6.45, 7) is 0.601. The van der Waals surface area contributed by atoms with E-state index in [4.69, 9.17) is 0 Å². The SMILES string of the molecule is CNC[C@@H](NC(=O)c1nc2cc3[nH][nH]c(-c4ccncc4)c3cc2n1)c1ccccc1. The number of H-pyrrole nitrogens is 2. The van der Waals surface area contributed by atoms with E-state index in [2.05, 4.69) is 35.8 Å². The second-order valence-corrected chi connectivity index (χ2v) is 7.29. The molecule has 8 nitrogen and oxygen atoms in total. The number of carbonyl (C=O) groups is 1. The predicted octanol–water partition coefficient (Wildman–Crippen LogP) is 3.19. The van der Waals surface area contributed by atoms with Crippen LogP contribution in [0, 0.1) is 0 Å². The molecule has 5 aromatic rings. The van der Waals surface area contributed by atoms with E-state index in [1.54, 1.807) is 12.4 Å². The summed E-state index contributed by atoms with van der Waals surface area (Å²) in [6.07, 6.45) is 3.50. The van der Waals surface area contributed by atoms with Crippen LogP contribution < -0.4 is 10.6 Å². The highest BCUT2D eigenvalue weighted by atomic mass is 16.2. The summed E-state index contributed by atoms with van der Waals surface area (Å²) >= 11 is 0. The van der Waals surface area contributed by atoms with Gasteiger partial charge in [0.15, 0.2) is 0 Å². The van der Waals surface area contributed by atoms with Crippen LogP contribution in [0.3, 0.4) is 0 Å². The van der Waals surface area contributed by atoms with Gasteiger partial charge in [-0.3, -0.25) is 14.9 Å². The number of hydrogen-bond donors (Lipinski definition) is 4. The molecule has 8 heteroatoms. The third kappa shape index (κ3) is 3.64. The summed E-state index contributed by atoms with van der Waals surface area (Å²) in [7, 11) is 1.86. The van der Waals surface area contributed by atoms with Gasteiger partial charge < -0.3 is 15.7 Å². The van der Waals surface area contributed by atoms with E-state index in [-0.39, 0.29) is 17.8 Å². The Morgan fingerprint density at radius 3 is 2.48 bits per heavy atom. The number of aromatic amines is 2. The Morgan fingerprint density at radius 1 is 1.00 bits per heavy atom. The van der Waals surface area contributed by atoms with E-state index >= 15 is 0 Å². The number of benzene rings is 2. The first-order valence-electron chi connectivity index (χ1n) is 10.0. The molecular weight excluding hydrogens is 390 g/mol. The fourth-order valence-corrected chi connectivity index (χ4v) is 3.73. The van der Waals surface area contributed by atoms with Gasteiger partial charge in [-0.2, -0.15) is 0 Å². The van der Waals surface area contributed by atoms with Crippen molar-refractivity contribution in [3.05, 3.63) is 78.4 Å². The average Bonchev–Trinajstić information content (AvgIpc) is 3.42. The normalized spacial score (nSPS) is 12.3. The Morgan fingerprint density at radius 2 is 1.74 bits per heavy atom. The lowest BCUT2D eigenvalue weighted by Crippen LogP contribution is -2.35. The molecule has 0 saturated heterocycles. The van der Waals surface area contributed by atoms with Gasteiger partial charge >= 0.3 is 0 Å². The lowest BCUT2D eigenvalue weighted by molar-refractivity contribution is 0.0927. The van der Waals surface area contributed by atoms with Crippen LogP contribution in [0.4, 0.5) is 0 Å². The Labute approximate surface area is 178 Å². The number of carbonyl (C=O) groups excluding carboxylic acids is 1. The number of nitrogens with one attached hydrogen (secondary N) is 4. The first-order valence-corrected chi connectivity index (χ1v) is 10.0. The van der Waals surface area contributed by atoms with Crippen molar-refractivity contribution in [1.82, 2.24) is 35.8 Å². The van der Waals surface area contributed by atoms with E-state index in [1.165, 1.54) is 0 Å². The van der Waals surface area contributed by atoms with E-state index in [1.807, 2.05) is 61.6 Å². The van der Waals surface area contributed by atoms with Gasteiger partial charge in [0.1, 0.15) is 0 Å². The fraction of sp³-hybridized carbons (Fsp3) is 0.130. The summed E-state index contributed by atoms with van der Waals surface area (Å²) in [5.74, 6) is -0.140. The highest BCUT2D eigenvalue weighted by molar-refractivity contribution is 6.02. The predicted molar refractivity (Wildman–Crippen MR) is 120 cm³/mol. The Hall–Kier alpha value is -4.04. The zero-order chi connectivity index (χ0) is 21.2. The van der Waals surface area contributed by atoms with E-state index in [0.29, 0.717) is 17.6 Å². The van der Waals surface area contributed by atoms with E-state index in [0.717, 1.165) is 27.7 Å². The number of hydrogen-bond acceptors (Lipinski definition) is 5. The van der Waals surface area contributed by atoms with Crippen LogP contribution in [0.25, 0.3) is 33.2 Å². The minimum atomic E-state index is -0.301. The molecule has 0 fully saturated rings. The zero-order valence-electron chi connectivity index (χ0n) is 16.9. The minimum Gasteiger partial charge on any atom is -0.341 e. The molecule has 31 heavy (non-hydrogen) atoms. The van der Waals surface area contributed by atoms with Gasteiger partial charge in [-0.15, -0.1) is 0 Å². The Balaban J connectivity index is 1.47. The molecule has 1 amide bonds. The van der Waals surface area contributed by atoms with Gasteiger partial charge in [0.25, 0.3) is 5.91 Å². The molecular formula is C23H21N7O. The summed E-state index contributed by atoms with van der Waals surface area (Å²) < 4.78 is 0. The maximum atomic E-state index is 12.9. The van der Waals surface area contributed by atoms with E-state index < -0.39 is 0 Å². The number of fused-ring (bicyclic) bond motifs is 2. The monoisotopic (exact) mass is 411 g/mol. The molecule has 0 aliphatic rings. The lowest BCUT2D eigenvalue weighted by Gasteiger charge is -2.18. The van der Waals surface area contributed by atoms with Crippen LogP contribution in [0.5, 0.6) is 0 Å². The second kappa shape index (κ2) is 8.00. The zero-order valence-corrected chi connectivity index (χ0v) is 16.9. The number of nitrogens with zero attached hydrogens (tertiary/aromatic N) is 3. The van der Waals surface area contributed by atoms with Crippen molar-refractivity contribution in [3.8, 4) is 11.3 Å². The Bertz CT molecular complexity index is 1340. The molecule has 154 valence electrons. The molecule has 0 unspecified atom stereocenters. The molecule has 0 saturated carbocycles. The van der Waals surface area contributed by atoms with Gasteiger partial charge in [-0.05, 0) is 36.9 Å². The maximum absolute atomic E-state index is 12.9. The van der Waals surface area contributed by atoms with Gasteiger partial charge in [0.05, 0.1) is 28.3 Å². The molecule has 0 bridgehead atoms. The van der Waals surface area contributed by atoms with Gasteiger partial charge in [-0.1, -0.05) is 30.3 Å². The average molecular weight is 411 g/mol. The van der Waals surface area contributed by atoms with Crippen LogP contribution >= 0.6 is 0 Å². The quantitative estimate of drug-likeness (QED) is 0.343. The third-order valence-electron chi connectivity index (χ3n) is 5.25. The van der Waals surface area contributed by atoms with Crippen LogP contribution in [0.2, 0.25) is 0 Å². The molecule has 5 rings (SSSR count). The van der Waals surface area contributed by atoms with Crippen molar-refractivity contribution in [2.75, 3.05) is 13.6 Å². The molecule has 4 N–H and O–H groups in total. The number of aromatic nitrogens is 5. The topological polar surface area (TPSA) is 111 Å². The maximum Gasteiger partial charge on any atom is 0.289 e. The summed E-state index contributed by atoms with van der Waals surface area (Å²) in [4.78, 5) is 25.9. The van der Waals surface area contributed by atoms with Gasteiger partial charge in [0, 0.05) is 29.9 Å².